The first kappa shape index (κ1) is 14.1. The van der Waals surface area contributed by atoms with Crippen molar-refractivity contribution in [2.24, 2.45) is 0 Å². The predicted molar refractivity (Wildman–Crippen MR) is 78.4 cm³/mol. The Labute approximate surface area is 117 Å². The number of amides is 1. The van der Waals surface area contributed by atoms with Gasteiger partial charge >= 0.3 is 0 Å². The Morgan fingerprint density at radius 3 is 2.90 bits per heavy atom. The number of hydrogen-bond acceptors (Lipinski definition) is 3. The van der Waals surface area contributed by atoms with Crippen molar-refractivity contribution in [2.75, 3.05) is 13.7 Å². The Kier molecular flexibility index (Phi) is 4.40. The van der Waals surface area contributed by atoms with Crippen molar-refractivity contribution in [1.29, 1.82) is 0 Å². The van der Waals surface area contributed by atoms with E-state index in [2.05, 4.69) is 10.3 Å². The van der Waals surface area contributed by atoms with Crippen LogP contribution >= 0.6 is 0 Å². The van der Waals surface area contributed by atoms with Crippen molar-refractivity contribution in [1.82, 2.24) is 10.3 Å². The molecule has 2 N–H and O–H groups in total. The number of nitrogens with one attached hydrogen (secondary N) is 2. The third-order valence-corrected chi connectivity index (χ3v) is 3.15. The van der Waals surface area contributed by atoms with Gasteiger partial charge in [0.15, 0.2) is 0 Å². The Bertz CT molecular complexity index is 676. The van der Waals surface area contributed by atoms with Gasteiger partial charge in [-0.1, -0.05) is 13.3 Å². The van der Waals surface area contributed by atoms with Crippen LogP contribution in [-0.2, 0) is 0 Å². The van der Waals surface area contributed by atoms with Gasteiger partial charge in [-0.25, -0.2) is 0 Å². The molecule has 0 aliphatic heterocycles. The Morgan fingerprint density at radius 2 is 2.20 bits per heavy atom. The smallest absolute Gasteiger partial charge is 0.256 e. The number of fused-ring (bicyclic) bond motifs is 1. The van der Waals surface area contributed by atoms with Gasteiger partial charge < -0.3 is 15.0 Å². The summed E-state index contributed by atoms with van der Waals surface area (Å²) in [7, 11) is 1.54. The normalized spacial score (nSPS) is 10.5. The Balaban J connectivity index is 2.37. The number of carbonyl (C=O) groups excluding carboxylic acids is 1. The van der Waals surface area contributed by atoms with Crippen LogP contribution in [0.2, 0.25) is 0 Å². The van der Waals surface area contributed by atoms with Crippen LogP contribution in [0.15, 0.2) is 29.2 Å². The van der Waals surface area contributed by atoms with Crippen molar-refractivity contribution >= 4 is 16.8 Å². The summed E-state index contributed by atoms with van der Waals surface area (Å²) in [6, 6.07) is 5.16. The average molecular weight is 274 g/mol. The highest BCUT2D eigenvalue weighted by Crippen LogP contribution is 2.16. The fraction of sp³-hybridized carbons (Fsp3) is 0.333. The number of aromatic nitrogens is 1. The molecule has 0 unspecified atom stereocenters. The van der Waals surface area contributed by atoms with E-state index in [9.17, 15) is 9.59 Å². The lowest BCUT2D eigenvalue weighted by Gasteiger charge is -2.06. The first-order valence-electron chi connectivity index (χ1n) is 6.65. The molecule has 1 aromatic carbocycles. The van der Waals surface area contributed by atoms with Crippen LogP contribution in [0.4, 0.5) is 0 Å². The average Bonchev–Trinajstić information content (AvgIpc) is 2.47. The van der Waals surface area contributed by atoms with Crippen molar-refractivity contribution in [2.45, 2.75) is 19.8 Å². The number of pyridine rings is 1. The summed E-state index contributed by atoms with van der Waals surface area (Å²) in [5, 5.41) is 3.20. The second kappa shape index (κ2) is 6.23. The summed E-state index contributed by atoms with van der Waals surface area (Å²) >= 11 is 0. The van der Waals surface area contributed by atoms with E-state index in [-0.39, 0.29) is 16.9 Å². The van der Waals surface area contributed by atoms with E-state index in [4.69, 9.17) is 4.74 Å². The maximum Gasteiger partial charge on any atom is 0.256 e. The van der Waals surface area contributed by atoms with Gasteiger partial charge in [-0.2, -0.15) is 0 Å². The molecule has 5 nitrogen and oxygen atoms in total. The Hall–Kier alpha value is -2.30. The van der Waals surface area contributed by atoms with Gasteiger partial charge in [-0.05, 0) is 24.6 Å². The summed E-state index contributed by atoms with van der Waals surface area (Å²) in [6.45, 7) is 2.62. The second-order valence-corrected chi connectivity index (χ2v) is 4.55. The van der Waals surface area contributed by atoms with Crippen LogP contribution in [0, 0.1) is 0 Å². The molecule has 106 valence electrons. The van der Waals surface area contributed by atoms with Gasteiger partial charge in [-0.15, -0.1) is 0 Å². The zero-order valence-electron chi connectivity index (χ0n) is 11.7. The van der Waals surface area contributed by atoms with Crippen LogP contribution < -0.4 is 15.5 Å². The minimum Gasteiger partial charge on any atom is -0.497 e. The molecule has 5 heteroatoms. The van der Waals surface area contributed by atoms with Gasteiger partial charge in [-0.3, -0.25) is 9.59 Å². The van der Waals surface area contributed by atoms with Crippen LogP contribution in [-0.4, -0.2) is 24.5 Å². The molecule has 0 saturated carbocycles. The summed E-state index contributed by atoms with van der Waals surface area (Å²) < 4.78 is 5.10. The van der Waals surface area contributed by atoms with Gasteiger partial charge in [0.1, 0.15) is 11.3 Å². The molecule has 2 rings (SSSR count). The molecular weight excluding hydrogens is 256 g/mol. The third kappa shape index (κ3) is 2.82. The van der Waals surface area contributed by atoms with Crippen LogP contribution in [0.25, 0.3) is 10.9 Å². The fourth-order valence-corrected chi connectivity index (χ4v) is 1.97. The number of carbonyl (C=O) groups is 1. The molecule has 1 heterocycles. The highest BCUT2D eigenvalue weighted by atomic mass is 16.5. The summed E-state index contributed by atoms with van der Waals surface area (Å²) in [4.78, 5) is 27.3. The van der Waals surface area contributed by atoms with Crippen molar-refractivity contribution < 1.29 is 9.53 Å². The van der Waals surface area contributed by atoms with E-state index < -0.39 is 0 Å². The molecule has 0 bridgehead atoms. The minimum absolute atomic E-state index is 0.127. The van der Waals surface area contributed by atoms with Crippen molar-refractivity contribution in [3.05, 3.63) is 40.2 Å². The number of H-pyrrole nitrogens is 1. The lowest BCUT2D eigenvalue weighted by Crippen LogP contribution is -2.29. The molecule has 0 saturated heterocycles. The Morgan fingerprint density at radius 1 is 1.40 bits per heavy atom. The third-order valence-electron chi connectivity index (χ3n) is 3.15. The monoisotopic (exact) mass is 274 g/mol. The number of hydrogen-bond donors (Lipinski definition) is 2. The number of ether oxygens (including phenoxy) is 1. The van der Waals surface area contributed by atoms with E-state index in [1.807, 2.05) is 6.92 Å². The van der Waals surface area contributed by atoms with E-state index in [1.54, 1.807) is 18.2 Å². The SMILES string of the molecule is CCCCNC(=O)c1c[nH]c2ccc(OC)cc2c1=O. The van der Waals surface area contributed by atoms with Crippen molar-refractivity contribution in [3.63, 3.8) is 0 Å². The molecule has 0 radical (unpaired) electrons. The first-order chi connectivity index (χ1) is 9.67. The zero-order valence-corrected chi connectivity index (χ0v) is 11.7. The van der Waals surface area contributed by atoms with E-state index in [0.717, 1.165) is 12.8 Å². The largest absolute Gasteiger partial charge is 0.497 e. The van der Waals surface area contributed by atoms with Gasteiger partial charge in [0.2, 0.25) is 5.43 Å². The molecule has 20 heavy (non-hydrogen) atoms. The molecule has 0 spiro atoms. The van der Waals surface area contributed by atoms with Crippen LogP contribution in [0.3, 0.4) is 0 Å². The molecule has 0 fully saturated rings. The summed E-state index contributed by atoms with van der Waals surface area (Å²) in [5.41, 5.74) is 0.523. The molecule has 2 aromatic rings. The summed E-state index contributed by atoms with van der Waals surface area (Å²) in [5.74, 6) is 0.246. The molecule has 0 aliphatic rings. The number of rotatable bonds is 5. The topological polar surface area (TPSA) is 71.2 Å². The second-order valence-electron chi connectivity index (χ2n) is 4.55. The number of aromatic amines is 1. The van der Waals surface area contributed by atoms with Crippen LogP contribution in [0.5, 0.6) is 5.75 Å². The highest BCUT2D eigenvalue weighted by molar-refractivity contribution is 5.97. The van der Waals surface area contributed by atoms with Crippen LogP contribution in [0.1, 0.15) is 30.1 Å². The molecule has 0 aliphatic carbocycles. The van der Waals surface area contributed by atoms with E-state index >= 15 is 0 Å². The highest BCUT2D eigenvalue weighted by Gasteiger charge is 2.12. The molecular formula is C15H18N2O3. The fourth-order valence-electron chi connectivity index (χ4n) is 1.97. The first-order valence-corrected chi connectivity index (χ1v) is 6.65. The number of methoxy groups -OCH3 is 1. The van der Waals surface area contributed by atoms with Gasteiger partial charge in [0, 0.05) is 23.6 Å². The van der Waals surface area contributed by atoms with E-state index in [0.29, 0.717) is 23.2 Å². The zero-order chi connectivity index (χ0) is 14.5. The number of benzene rings is 1. The molecule has 1 aromatic heterocycles. The standard InChI is InChI=1S/C15H18N2O3/c1-3-4-7-16-15(19)12-9-17-13-6-5-10(20-2)8-11(13)14(12)18/h5-6,8-9H,3-4,7H2,1-2H3,(H,16,19)(H,17,18). The van der Waals surface area contributed by atoms with Gasteiger partial charge in [0.25, 0.3) is 5.91 Å². The van der Waals surface area contributed by atoms with Crippen molar-refractivity contribution in [3.8, 4) is 5.75 Å². The minimum atomic E-state index is -0.343. The molecule has 0 atom stereocenters. The van der Waals surface area contributed by atoms with Gasteiger partial charge in [0.05, 0.1) is 7.11 Å². The van der Waals surface area contributed by atoms with E-state index in [1.165, 1.54) is 13.3 Å². The quantitative estimate of drug-likeness (QED) is 0.820. The lowest BCUT2D eigenvalue weighted by molar-refractivity contribution is 0.0952. The maximum absolute atomic E-state index is 12.3. The lowest BCUT2D eigenvalue weighted by atomic mass is 10.1. The predicted octanol–water partition coefficient (Wildman–Crippen LogP) is 2.07. The summed E-state index contributed by atoms with van der Waals surface area (Å²) in [6.07, 6.45) is 3.34. The molecule has 1 amide bonds. The maximum atomic E-state index is 12.3. The number of unbranched alkanes of at least 4 members (excludes halogenated alkanes) is 1.